The molecular weight excluding hydrogens is 162 g/mol. The molecule has 2 rings (SSSR count). The Kier molecular flexibility index (Phi) is 3.23. The standard InChI is InChI=1S/C11H21NO/c1-9-6-7-11(13-9)8-12-10-4-2-3-5-10/h9-12H,2-8H2,1H3. The molecule has 1 saturated heterocycles. The molecule has 1 N–H and O–H groups in total. The molecule has 0 aromatic carbocycles. The van der Waals surface area contributed by atoms with E-state index in [0.717, 1.165) is 12.6 Å². The highest BCUT2D eigenvalue weighted by molar-refractivity contribution is 4.78. The van der Waals surface area contributed by atoms with Crippen molar-refractivity contribution in [1.29, 1.82) is 0 Å². The van der Waals surface area contributed by atoms with E-state index in [9.17, 15) is 0 Å². The van der Waals surface area contributed by atoms with Crippen LogP contribution in [0.15, 0.2) is 0 Å². The van der Waals surface area contributed by atoms with Crippen LogP contribution >= 0.6 is 0 Å². The van der Waals surface area contributed by atoms with E-state index >= 15 is 0 Å². The summed E-state index contributed by atoms with van der Waals surface area (Å²) in [5.74, 6) is 0. The third-order valence-corrected chi connectivity index (χ3v) is 3.31. The number of nitrogens with one attached hydrogen (secondary N) is 1. The van der Waals surface area contributed by atoms with Gasteiger partial charge < -0.3 is 10.1 Å². The molecule has 0 radical (unpaired) electrons. The Morgan fingerprint density at radius 1 is 1.15 bits per heavy atom. The summed E-state index contributed by atoms with van der Waals surface area (Å²) in [6.07, 6.45) is 9.08. The minimum absolute atomic E-state index is 0.496. The first kappa shape index (κ1) is 9.47. The minimum Gasteiger partial charge on any atom is -0.374 e. The Labute approximate surface area is 81.0 Å². The Morgan fingerprint density at radius 3 is 2.54 bits per heavy atom. The second-order valence-corrected chi connectivity index (χ2v) is 4.54. The first-order valence-electron chi connectivity index (χ1n) is 5.73. The highest BCUT2D eigenvalue weighted by Crippen LogP contribution is 2.21. The van der Waals surface area contributed by atoms with Crippen molar-refractivity contribution in [3.63, 3.8) is 0 Å². The van der Waals surface area contributed by atoms with Gasteiger partial charge >= 0.3 is 0 Å². The van der Waals surface area contributed by atoms with Gasteiger partial charge in [0.05, 0.1) is 12.2 Å². The largest absolute Gasteiger partial charge is 0.374 e. The van der Waals surface area contributed by atoms with Crippen molar-refractivity contribution in [3.05, 3.63) is 0 Å². The van der Waals surface area contributed by atoms with Crippen LogP contribution in [0, 0.1) is 0 Å². The lowest BCUT2D eigenvalue weighted by Crippen LogP contribution is -2.33. The molecule has 1 heterocycles. The van der Waals surface area contributed by atoms with Gasteiger partial charge in [-0.3, -0.25) is 0 Å². The summed E-state index contributed by atoms with van der Waals surface area (Å²) < 4.78 is 5.76. The molecule has 2 aliphatic rings. The fourth-order valence-corrected chi connectivity index (χ4v) is 2.46. The number of hydrogen-bond donors (Lipinski definition) is 1. The van der Waals surface area contributed by atoms with Crippen molar-refractivity contribution in [2.24, 2.45) is 0 Å². The van der Waals surface area contributed by atoms with E-state index in [0.29, 0.717) is 12.2 Å². The molecule has 0 bridgehead atoms. The Hall–Kier alpha value is -0.0800. The molecule has 0 spiro atoms. The van der Waals surface area contributed by atoms with Gasteiger partial charge in [-0.1, -0.05) is 12.8 Å². The third-order valence-electron chi connectivity index (χ3n) is 3.31. The average molecular weight is 183 g/mol. The maximum Gasteiger partial charge on any atom is 0.0704 e. The third kappa shape index (κ3) is 2.68. The summed E-state index contributed by atoms with van der Waals surface area (Å²) in [7, 11) is 0. The zero-order valence-electron chi connectivity index (χ0n) is 8.59. The predicted molar refractivity (Wildman–Crippen MR) is 53.8 cm³/mol. The van der Waals surface area contributed by atoms with E-state index in [-0.39, 0.29) is 0 Å². The molecular formula is C11H21NO. The molecule has 1 aliphatic carbocycles. The molecule has 2 heteroatoms. The molecule has 13 heavy (non-hydrogen) atoms. The number of ether oxygens (including phenoxy) is 1. The zero-order chi connectivity index (χ0) is 9.10. The van der Waals surface area contributed by atoms with Crippen molar-refractivity contribution >= 4 is 0 Å². The van der Waals surface area contributed by atoms with Crippen LogP contribution in [0.1, 0.15) is 45.4 Å². The smallest absolute Gasteiger partial charge is 0.0704 e. The fourth-order valence-electron chi connectivity index (χ4n) is 2.46. The molecule has 1 saturated carbocycles. The van der Waals surface area contributed by atoms with E-state index in [1.165, 1.54) is 38.5 Å². The van der Waals surface area contributed by atoms with E-state index in [2.05, 4.69) is 12.2 Å². The average Bonchev–Trinajstić information content (AvgIpc) is 2.71. The van der Waals surface area contributed by atoms with Gasteiger partial charge in [0.25, 0.3) is 0 Å². The highest BCUT2D eigenvalue weighted by Gasteiger charge is 2.23. The summed E-state index contributed by atoms with van der Waals surface area (Å²) in [6, 6.07) is 0.791. The van der Waals surface area contributed by atoms with E-state index in [4.69, 9.17) is 4.74 Å². The normalized spacial score (nSPS) is 35.8. The SMILES string of the molecule is CC1CCC(CNC2CCCC2)O1. The van der Waals surface area contributed by atoms with Crippen LogP contribution in [-0.4, -0.2) is 24.8 Å². The van der Waals surface area contributed by atoms with Crippen LogP contribution in [0.2, 0.25) is 0 Å². The quantitative estimate of drug-likeness (QED) is 0.723. The summed E-state index contributed by atoms with van der Waals surface area (Å²) in [6.45, 7) is 3.25. The Morgan fingerprint density at radius 2 is 1.92 bits per heavy atom. The van der Waals surface area contributed by atoms with Gasteiger partial charge in [0, 0.05) is 12.6 Å². The van der Waals surface area contributed by atoms with Crippen LogP contribution < -0.4 is 5.32 Å². The Bertz CT molecular complexity index is 154. The van der Waals surface area contributed by atoms with Crippen LogP contribution in [0.4, 0.5) is 0 Å². The fraction of sp³-hybridized carbons (Fsp3) is 1.00. The van der Waals surface area contributed by atoms with Crippen LogP contribution in [0.5, 0.6) is 0 Å². The molecule has 2 nitrogen and oxygen atoms in total. The molecule has 2 fully saturated rings. The maximum atomic E-state index is 5.76. The highest BCUT2D eigenvalue weighted by atomic mass is 16.5. The first-order chi connectivity index (χ1) is 6.34. The van der Waals surface area contributed by atoms with Crippen molar-refractivity contribution in [1.82, 2.24) is 5.32 Å². The van der Waals surface area contributed by atoms with Gasteiger partial charge in [0.15, 0.2) is 0 Å². The minimum atomic E-state index is 0.496. The Balaban J connectivity index is 1.62. The molecule has 0 amide bonds. The van der Waals surface area contributed by atoms with Gasteiger partial charge in [-0.15, -0.1) is 0 Å². The summed E-state index contributed by atoms with van der Waals surface area (Å²) in [5, 5.41) is 3.62. The lowest BCUT2D eigenvalue weighted by Gasteiger charge is -2.16. The van der Waals surface area contributed by atoms with E-state index < -0.39 is 0 Å². The number of rotatable bonds is 3. The molecule has 76 valence electrons. The molecule has 2 unspecified atom stereocenters. The van der Waals surface area contributed by atoms with Crippen molar-refractivity contribution < 1.29 is 4.74 Å². The lowest BCUT2D eigenvalue weighted by atomic mass is 10.2. The topological polar surface area (TPSA) is 21.3 Å². The monoisotopic (exact) mass is 183 g/mol. The van der Waals surface area contributed by atoms with Crippen LogP contribution in [0.25, 0.3) is 0 Å². The van der Waals surface area contributed by atoms with Gasteiger partial charge in [-0.2, -0.15) is 0 Å². The van der Waals surface area contributed by atoms with Gasteiger partial charge in [-0.25, -0.2) is 0 Å². The van der Waals surface area contributed by atoms with E-state index in [1.807, 2.05) is 0 Å². The molecule has 0 aromatic heterocycles. The van der Waals surface area contributed by atoms with Crippen molar-refractivity contribution in [2.75, 3.05) is 6.54 Å². The summed E-state index contributed by atoms with van der Waals surface area (Å²) in [4.78, 5) is 0. The maximum absolute atomic E-state index is 5.76. The summed E-state index contributed by atoms with van der Waals surface area (Å²) in [5.41, 5.74) is 0. The predicted octanol–water partition coefficient (Wildman–Crippen LogP) is 2.09. The van der Waals surface area contributed by atoms with Crippen LogP contribution in [0.3, 0.4) is 0 Å². The molecule has 2 atom stereocenters. The van der Waals surface area contributed by atoms with E-state index in [1.54, 1.807) is 0 Å². The van der Waals surface area contributed by atoms with Crippen molar-refractivity contribution in [2.45, 2.75) is 63.7 Å². The van der Waals surface area contributed by atoms with Gasteiger partial charge in [0.2, 0.25) is 0 Å². The molecule has 0 aromatic rings. The molecule has 1 aliphatic heterocycles. The number of hydrogen-bond acceptors (Lipinski definition) is 2. The van der Waals surface area contributed by atoms with Crippen LogP contribution in [-0.2, 0) is 4.74 Å². The second-order valence-electron chi connectivity index (χ2n) is 4.54. The zero-order valence-corrected chi connectivity index (χ0v) is 8.59. The second kappa shape index (κ2) is 4.43. The lowest BCUT2D eigenvalue weighted by molar-refractivity contribution is 0.0544. The van der Waals surface area contributed by atoms with Gasteiger partial charge in [-0.05, 0) is 32.6 Å². The first-order valence-corrected chi connectivity index (χ1v) is 5.73. The van der Waals surface area contributed by atoms with Crippen molar-refractivity contribution in [3.8, 4) is 0 Å². The summed E-state index contributed by atoms with van der Waals surface area (Å²) >= 11 is 0. The van der Waals surface area contributed by atoms with Gasteiger partial charge in [0.1, 0.15) is 0 Å².